The molecule has 0 bridgehead atoms. The second-order valence-electron chi connectivity index (χ2n) is 0.447. The van der Waals surface area contributed by atoms with Crippen LogP contribution in [-0.2, 0) is 4.57 Å². The van der Waals surface area contributed by atoms with Crippen LogP contribution < -0.4 is 20.8 Å². The second-order valence-corrected chi connectivity index (χ2v) is 1.34. The van der Waals surface area contributed by atoms with Gasteiger partial charge in [0.25, 0.3) is 0 Å². The Bertz CT molecular complexity index is 57.8. The average Bonchev–Trinajstić information content (AvgIpc) is 0.722. The van der Waals surface area contributed by atoms with Gasteiger partial charge in [-0.3, -0.25) is 0 Å². The normalized spacial score (nSPS) is 8.43. The molecule has 0 heterocycles. The summed E-state index contributed by atoms with van der Waals surface area (Å²) in [6.45, 7) is 0. The summed E-state index contributed by atoms with van der Waals surface area (Å²) in [6, 6.07) is 0. The molecule has 0 aliphatic heterocycles. The van der Waals surface area contributed by atoms with Crippen LogP contribution in [0.15, 0.2) is 0 Å². The standard InChI is InChI=1S/Ce.H3N.H3O4P/c;;1-5(2,3)4/h;1H3;(H3,1,2,3,4)/q+2;;/p-2. The molecular formula is H4CeNO4P. The van der Waals surface area contributed by atoms with Gasteiger partial charge in [0.15, 0.2) is 0 Å². The van der Waals surface area contributed by atoms with Crippen LogP contribution in [0.25, 0.3) is 0 Å². The summed E-state index contributed by atoms with van der Waals surface area (Å²) >= 11 is 0. The van der Waals surface area contributed by atoms with Gasteiger partial charge in [0.05, 0.1) is 0 Å². The fourth-order valence-electron chi connectivity index (χ4n) is 0. The molecule has 0 radical (unpaired) electrons. The van der Waals surface area contributed by atoms with Crippen molar-refractivity contribution in [2.45, 2.75) is 0 Å². The van der Waals surface area contributed by atoms with E-state index in [2.05, 4.69) is 0 Å². The Morgan fingerprint density at radius 1 is 1.14 bits per heavy atom. The number of hydrogen-bond acceptors (Lipinski definition) is 4. The third-order valence-corrected chi connectivity index (χ3v) is 0. The Morgan fingerprint density at radius 3 is 1.14 bits per heavy atom. The second kappa shape index (κ2) is 5.58. The van der Waals surface area contributed by atoms with E-state index in [1.807, 2.05) is 0 Å². The van der Waals surface area contributed by atoms with Crippen LogP contribution in [0.2, 0.25) is 0 Å². The van der Waals surface area contributed by atoms with Gasteiger partial charge in [-0.15, -0.1) is 0 Å². The topological polar surface area (TPSA) is 123 Å². The molecule has 0 aromatic rings. The van der Waals surface area contributed by atoms with E-state index in [1.54, 1.807) is 0 Å². The van der Waals surface area contributed by atoms with Crippen LogP contribution in [0.3, 0.4) is 0 Å². The van der Waals surface area contributed by atoms with Crippen LogP contribution in [-0.4, -0.2) is 0 Å². The van der Waals surface area contributed by atoms with Crippen molar-refractivity contribution in [3.63, 3.8) is 0 Å². The third kappa shape index (κ3) is 106. The number of rotatable bonds is 0. The molecule has 4 N–H and O–H groups in total. The van der Waals surface area contributed by atoms with Gasteiger partial charge in [0, 0.05) is 0 Å². The van der Waals surface area contributed by atoms with Crippen LogP contribution >= 0.6 is 7.82 Å². The molecule has 0 aromatic carbocycles. The first-order valence-electron chi connectivity index (χ1n) is 0.730. The summed E-state index contributed by atoms with van der Waals surface area (Å²) in [6.07, 6.45) is 0. The van der Waals surface area contributed by atoms with Crippen LogP contribution in [0.1, 0.15) is 0 Å². The molecule has 0 atom stereocenters. The molecule has 0 amide bonds. The maximum atomic E-state index is 8.55. The summed E-state index contributed by atoms with van der Waals surface area (Å²) in [5.41, 5.74) is 0. The van der Waals surface area contributed by atoms with Crippen molar-refractivity contribution in [3.8, 4) is 0 Å². The maximum absolute atomic E-state index is 8.55. The molecule has 0 saturated carbocycles. The summed E-state index contributed by atoms with van der Waals surface area (Å²) < 4.78 is 8.55. The number of hydrogen-bond donors (Lipinski definition) is 1. The van der Waals surface area contributed by atoms with Gasteiger partial charge < -0.3 is 25.4 Å². The molecule has 42 valence electrons. The smallest absolute Gasteiger partial charge is 0.822 e. The predicted octanol–water partition coefficient (Wildman–Crippen LogP) is -2.45. The Morgan fingerprint density at radius 2 is 1.14 bits per heavy atom. The van der Waals surface area contributed by atoms with Crippen molar-refractivity contribution >= 4 is 7.82 Å². The molecule has 0 spiro atoms. The quantitative estimate of drug-likeness (QED) is 0.481. The Labute approximate surface area is 74.3 Å². The summed E-state index contributed by atoms with van der Waals surface area (Å²) in [4.78, 5) is 25.6. The van der Waals surface area contributed by atoms with Crippen LogP contribution in [0, 0.1) is 41.7 Å². The van der Waals surface area contributed by atoms with Crippen LogP contribution in [0.5, 0.6) is 0 Å². The number of phosphoric acid groups is 1. The summed E-state index contributed by atoms with van der Waals surface area (Å²) in [5, 5.41) is 0. The monoisotopic (exact) mass is 253 g/mol. The van der Waals surface area contributed by atoms with Gasteiger partial charge in [-0.1, -0.05) is 0 Å². The van der Waals surface area contributed by atoms with Crippen molar-refractivity contribution in [1.29, 1.82) is 0 Å². The van der Waals surface area contributed by atoms with E-state index in [9.17, 15) is 0 Å². The van der Waals surface area contributed by atoms with E-state index in [1.165, 1.54) is 0 Å². The fourth-order valence-corrected chi connectivity index (χ4v) is 0. The Balaban J connectivity index is -0.0000000800. The molecule has 0 aromatic heterocycles. The summed E-state index contributed by atoms with van der Waals surface area (Å²) in [5.74, 6) is 0. The van der Waals surface area contributed by atoms with E-state index < -0.39 is 7.82 Å². The molecule has 0 aliphatic carbocycles. The van der Waals surface area contributed by atoms with Crippen LogP contribution in [0.4, 0.5) is 0 Å². The van der Waals surface area contributed by atoms with E-state index in [0.29, 0.717) is 0 Å². The zero-order valence-corrected chi connectivity index (χ0v) is 7.61. The average molecular weight is 253 g/mol. The summed E-state index contributed by atoms with van der Waals surface area (Å²) in [7, 11) is -5.39. The Kier molecular flexibility index (Phi) is 12.6. The fraction of sp³-hybridized carbons (Fsp3) is 0. The van der Waals surface area contributed by atoms with Crippen molar-refractivity contribution in [3.05, 3.63) is 0 Å². The van der Waals surface area contributed by atoms with Crippen molar-refractivity contribution in [1.82, 2.24) is 6.15 Å². The minimum Gasteiger partial charge on any atom is -0.822 e. The van der Waals surface area contributed by atoms with Gasteiger partial charge in [-0.05, 0) is 0 Å². The van der Waals surface area contributed by atoms with E-state index in [4.69, 9.17) is 19.2 Å². The first-order chi connectivity index (χ1) is 2.00. The molecule has 0 unspecified atom stereocenters. The van der Waals surface area contributed by atoms with Gasteiger partial charge in [0.1, 0.15) is 0 Å². The third-order valence-electron chi connectivity index (χ3n) is 0. The maximum Gasteiger partial charge on any atom is 2.00 e. The molecule has 7 heavy (non-hydrogen) atoms. The minimum absolute atomic E-state index is 0. The molecule has 5 nitrogen and oxygen atoms in total. The SMILES string of the molecule is O=P([O-])([O-])[O-].[Ce+2].[NH4+]. The number of quaternary nitrogens is 1. The molecule has 7 heteroatoms. The first kappa shape index (κ1) is 15.8. The molecule has 0 rings (SSSR count). The van der Waals surface area contributed by atoms with E-state index in [0.717, 1.165) is 0 Å². The molecular weight excluding hydrogens is 249 g/mol. The Hall–Kier alpha value is 1.45. The molecule has 0 fully saturated rings. The predicted molar refractivity (Wildman–Crippen MR) is 13.6 cm³/mol. The van der Waals surface area contributed by atoms with Gasteiger partial charge in [0.2, 0.25) is 0 Å². The van der Waals surface area contributed by atoms with Crippen molar-refractivity contribution in [2.75, 3.05) is 0 Å². The van der Waals surface area contributed by atoms with Gasteiger partial charge in [-0.25, -0.2) is 0 Å². The largest absolute Gasteiger partial charge is 2.00 e. The van der Waals surface area contributed by atoms with Crippen molar-refractivity contribution < 1.29 is 61.0 Å². The van der Waals surface area contributed by atoms with E-state index in [-0.39, 0.29) is 47.9 Å². The zero-order chi connectivity index (χ0) is 4.50. The minimum atomic E-state index is -5.39. The zero-order valence-electron chi connectivity index (χ0n) is 3.58. The van der Waals surface area contributed by atoms with Gasteiger partial charge in [-0.2, -0.15) is 7.82 Å². The molecule has 0 aliphatic rings. The van der Waals surface area contributed by atoms with Crippen molar-refractivity contribution in [2.24, 2.45) is 0 Å². The first-order valence-corrected chi connectivity index (χ1v) is 2.19. The van der Waals surface area contributed by atoms with Gasteiger partial charge >= 0.3 is 41.7 Å². The molecule has 0 saturated heterocycles. The van der Waals surface area contributed by atoms with E-state index >= 15 is 0 Å².